The van der Waals surface area contributed by atoms with Gasteiger partial charge in [-0.15, -0.1) is 0 Å². The second kappa shape index (κ2) is 7.57. The third kappa shape index (κ3) is 4.43. The van der Waals surface area contributed by atoms with E-state index in [1.54, 1.807) is 0 Å². The van der Waals surface area contributed by atoms with Crippen molar-refractivity contribution in [2.45, 2.75) is 33.2 Å². The lowest BCUT2D eigenvalue weighted by Crippen LogP contribution is -2.33. The molecule has 0 fully saturated rings. The molecule has 1 atom stereocenters. The smallest absolute Gasteiger partial charge is 0.0236 e. The third-order valence-electron chi connectivity index (χ3n) is 2.60. The van der Waals surface area contributed by atoms with E-state index < -0.39 is 0 Å². The first-order chi connectivity index (χ1) is 6.69. The third-order valence-corrected chi connectivity index (χ3v) is 2.60. The second-order valence-electron chi connectivity index (χ2n) is 3.50. The van der Waals surface area contributed by atoms with Crippen LogP contribution in [-0.4, -0.2) is 24.0 Å². The van der Waals surface area contributed by atoms with Crippen molar-refractivity contribution >= 4 is 0 Å². The Morgan fingerprint density at radius 1 is 1.36 bits per heavy atom. The summed E-state index contributed by atoms with van der Waals surface area (Å²) in [5, 5.41) is 0. The molecule has 0 saturated heterocycles. The summed E-state index contributed by atoms with van der Waals surface area (Å²) in [5.74, 6) is 0. The van der Waals surface area contributed by atoms with E-state index in [9.17, 15) is 0 Å². The Bertz CT molecular complexity index is 203. The van der Waals surface area contributed by atoms with Crippen LogP contribution in [0.2, 0.25) is 0 Å². The monoisotopic (exact) mass is 193 g/mol. The number of allylic oxidation sites excluding steroid dienone is 2. The number of likely N-dealkylation sites (N-methyl/N-ethyl adjacent to an activating group) is 1. The van der Waals surface area contributed by atoms with Gasteiger partial charge in [0.2, 0.25) is 0 Å². The molecule has 0 aromatic heterocycles. The van der Waals surface area contributed by atoms with E-state index in [1.807, 2.05) is 18.2 Å². The van der Waals surface area contributed by atoms with E-state index >= 15 is 0 Å². The molecule has 0 N–H and O–H groups in total. The Morgan fingerprint density at radius 2 is 2.00 bits per heavy atom. The molecule has 0 heterocycles. The van der Waals surface area contributed by atoms with Crippen molar-refractivity contribution in [3.05, 3.63) is 37.0 Å². The predicted molar refractivity (Wildman–Crippen MR) is 65.5 cm³/mol. The largest absolute Gasteiger partial charge is 0.297 e. The van der Waals surface area contributed by atoms with Crippen LogP contribution in [0.25, 0.3) is 0 Å². The molecule has 0 bridgehead atoms. The van der Waals surface area contributed by atoms with Crippen LogP contribution in [0, 0.1) is 0 Å². The Balaban J connectivity index is 4.35. The van der Waals surface area contributed by atoms with Gasteiger partial charge in [0.1, 0.15) is 0 Å². The number of rotatable bonds is 7. The lowest BCUT2D eigenvalue weighted by molar-refractivity contribution is 0.234. The standard InChI is InChI=1S/C13H23N/c1-6-10-13(8-3)11-14(9-4)12(5)7-2/h6,8,10,12H,1,3,7,9,11H2,2,4-5H3/b13-10+. The van der Waals surface area contributed by atoms with Crippen LogP contribution in [0.5, 0.6) is 0 Å². The Labute approximate surface area is 88.8 Å². The maximum absolute atomic E-state index is 3.81. The molecule has 0 aromatic rings. The fourth-order valence-corrected chi connectivity index (χ4v) is 1.41. The van der Waals surface area contributed by atoms with E-state index in [0.717, 1.165) is 13.1 Å². The summed E-state index contributed by atoms with van der Waals surface area (Å²) < 4.78 is 0. The van der Waals surface area contributed by atoms with Crippen LogP contribution in [-0.2, 0) is 0 Å². The average Bonchev–Trinajstić information content (AvgIpc) is 2.23. The van der Waals surface area contributed by atoms with Gasteiger partial charge in [0.25, 0.3) is 0 Å². The van der Waals surface area contributed by atoms with Crippen molar-refractivity contribution in [1.29, 1.82) is 0 Å². The number of nitrogens with zero attached hydrogens (tertiary/aromatic N) is 1. The zero-order valence-electron chi connectivity index (χ0n) is 9.79. The van der Waals surface area contributed by atoms with Gasteiger partial charge in [0.05, 0.1) is 0 Å². The highest BCUT2D eigenvalue weighted by atomic mass is 15.1. The summed E-state index contributed by atoms with van der Waals surface area (Å²) >= 11 is 0. The van der Waals surface area contributed by atoms with Crippen LogP contribution >= 0.6 is 0 Å². The summed E-state index contributed by atoms with van der Waals surface area (Å²) in [4.78, 5) is 2.44. The van der Waals surface area contributed by atoms with Crippen molar-refractivity contribution in [3.63, 3.8) is 0 Å². The van der Waals surface area contributed by atoms with E-state index in [4.69, 9.17) is 0 Å². The Morgan fingerprint density at radius 3 is 2.36 bits per heavy atom. The molecule has 1 unspecified atom stereocenters. The van der Waals surface area contributed by atoms with Gasteiger partial charge >= 0.3 is 0 Å². The quantitative estimate of drug-likeness (QED) is 0.560. The zero-order chi connectivity index (χ0) is 11.0. The fraction of sp³-hybridized carbons (Fsp3) is 0.538. The zero-order valence-corrected chi connectivity index (χ0v) is 9.79. The first kappa shape index (κ1) is 13.2. The summed E-state index contributed by atoms with van der Waals surface area (Å²) in [6.45, 7) is 16.2. The van der Waals surface area contributed by atoms with Crippen molar-refractivity contribution in [1.82, 2.24) is 4.90 Å². The molecule has 0 aliphatic carbocycles. The minimum Gasteiger partial charge on any atom is -0.297 e. The van der Waals surface area contributed by atoms with Gasteiger partial charge in [-0.05, 0) is 25.5 Å². The van der Waals surface area contributed by atoms with E-state index in [1.165, 1.54) is 12.0 Å². The van der Waals surface area contributed by atoms with Gasteiger partial charge in [-0.3, -0.25) is 4.90 Å². The number of hydrogen-bond donors (Lipinski definition) is 0. The Kier molecular flexibility index (Phi) is 7.13. The SMILES string of the molecule is C=C/C=C(\C=C)CN(CC)C(C)CC. The molecule has 1 nitrogen and oxygen atoms in total. The van der Waals surface area contributed by atoms with Gasteiger partial charge in [-0.25, -0.2) is 0 Å². The number of hydrogen-bond acceptors (Lipinski definition) is 1. The van der Waals surface area contributed by atoms with Crippen molar-refractivity contribution in [2.75, 3.05) is 13.1 Å². The van der Waals surface area contributed by atoms with Crippen LogP contribution in [0.15, 0.2) is 37.0 Å². The van der Waals surface area contributed by atoms with Crippen molar-refractivity contribution < 1.29 is 0 Å². The molecule has 80 valence electrons. The highest BCUT2D eigenvalue weighted by molar-refractivity contribution is 5.22. The van der Waals surface area contributed by atoms with E-state index in [2.05, 4.69) is 38.8 Å². The minimum atomic E-state index is 0.633. The fourth-order valence-electron chi connectivity index (χ4n) is 1.41. The van der Waals surface area contributed by atoms with Gasteiger partial charge < -0.3 is 0 Å². The lowest BCUT2D eigenvalue weighted by Gasteiger charge is -2.27. The molecule has 0 aliphatic heterocycles. The highest BCUT2D eigenvalue weighted by Gasteiger charge is 2.09. The summed E-state index contributed by atoms with van der Waals surface area (Å²) in [6.07, 6.45) is 6.94. The molecule has 0 rings (SSSR count). The predicted octanol–water partition coefficient (Wildman–Crippen LogP) is 3.41. The maximum Gasteiger partial charge on any atom is 0.0236 e. The molecule has 0 spiro atoms. The van der Waals surface area contributed by atoms with Gasteiger partial charge in [-0.2, -0.15) is 0 Å². The second-order valence-corrected chi connectivity index (χ2v) is 3.50. The molecular formula is C13H23N. The molecule has 0 saturated carbocycles. The normalized spacial score (nSPS) is 14.1. The summed E-state index contributed by atoms with van der Waals surface area (Å²) in [7, 11) is 0. The van der Waals surface area contributed by atoms with Crippen molar-refractivity contribution in [3.8, 4) is 0 Å². The van der Waals surface area contributed by atoms with E-state index in [0.29, 0.717) is 6.04 Å². The molecule has 0 aromatic carbocycles. The topological polar surface area (TPSA) is 3.24 Å². The van der Waals surface area contributed by atoms with Gasteiger partial charge in [0.15, 0.2) is 0 Å². The summed E-state index contributed by atoms with van der Waals surface area (Å²) in [5.41, 5.74) is 1.24. The maximum atomic E-state index is 3.81. The average molecular weight is 193 g/mol. The minimum absolute atomic E-state index is 0.633. The molecule has 0 amide bonds. The first-order valence-electron chi connectivity index (χ1n) is 5.37. The highest BCUT2D eigenvalue weighted by Crippen LogP contribution is 2.07. The first-order valence-corrected chi connectivity index (χ1v) is 5.37. The van der Waals surface area contributed by atoms with Crippen LogP contribution in [0.3, 0.4) is 0 Å². The Hall–Kier alpha value is -0.820. The van der Waals surface area contributed by atoms with Gasteiger partial charge in [-0.1, -0.05) is 45.2 Å². The summed E-state index contributed by atoms with van der Waals surface area (Å²) in [6, 6.07) is 0.633. The lowest BCUT2D eigenvalue weighted by atomic mass is 10.1. The van der Waals surface area contributed by atoms with Crippen LogP contribution in [0.1, 0.15) is 27.2 Å². The molecule has 14 heavy (non-hydrogen) atoms. The van der Waals surface area contributed by atoms with Gasteiger partial charge in [0, 0.05) is 12.6 Å². The van der Waals surface area contributed by atoms with E-state index in [-0.39, 0.29) is 0 Å². The van der Waals surface area contributed by atoms with Crippen molar-refractivity contribution in [2.24, 2.45) is 0 Å². The molecule has 1 heteroatoms. The molecule has 0 radical (unpaired) electrons. The molecule has 0 aliphatic rings. The molecular weight excluding hydrogens is 170 g/mol. The van der Waals surface area contributed by atoms with Crippen LogP contribution < -0.4 is 0 Å². The van der Waals surface area contributed by atoms with Crippen LogP contribution in [0.4, 0.5) is 0 Å².